The molecular weight excluding hydrogens is 348 g/mol. The molecular formula is C17H21BrO4. The summed E-state index contributed by atoms with van der Waals surface area (Å²) in [5.74, 6) is -0.414. The van der Waals surface area contributed by atoms with Gasteiger partial charge in [-0.25, -0.2) is 0 Å². The van der Waals surface area contributed by atoms with Crippen LogP contribution in [0.25, 0.3) is 0 Å². The minimum Gasteiger partial charge on any atom is -0.460 e. The monoisotopic (exact) mass is 368 g/mol. The third-order valence-corrected chi connectivity index (χ3v) is 3.86. The fraction of sp³-hybridized carbons (Fsp3) is 0.412. The molecule has 0 aliphatic heterocycles. The van der Waals surface area contributed by atoms with Crippen LogP contribution in [0.4, 0.5) is 0 Å². The van der Waals surface area contributed by atoms with Crippen molar-refractivity contribution in [3.05, 3.63) is 48.6 Å². The summed E-state index contributed by atoms with van der Waals surface area (Å²) in [6, 6.07) is 9.78. The molecule has 0 saturated heterocycles. The van der Waals surface area contributed by atoms with E-state index in [2.05, 4.69) is 22.5 Å². The zero-order chi connectivity index (χ0) is 16.4. The maximum atomic E-state index is 11.5. The van der Waals surface area contributed by atoms with Crippen molar-refractivity contribution in [2.24, 2.45) is 5.41 Å². The first-order valence-corrected chi connectivity index (χ1v) is 8.15. The predicted molar refractivity (Wildman–Crippen MR) is 88.8 cm³/mol. The number of carbonyl (C=O) groups is 2. The lowest BCUT2D eigenvalue weighted by molar-refractivity contribution is -0.153. The molecule has 4 nitrogen and oxygen atoms in total. The van der Waals surface area contributed by atoms with Crippen LogP contribution in [0.5, 0.6) is 0 Å². The van der Waals surface area contributed by atoms with E-state index in [0.717, 1.165) is 11.8 Å². The summed E-state index contributed by atoms with van der Waals surface area (Å²) in [5, 5.41) is 0.0838. The molecule has 0 aliphatic carbocycles. The summed E-state index contributed by atoms with van der Waals surface area (Å²) >= 11 is 3.05. The Labute approximate surface area is 139 Å². The van der Waals surface area contributed by atoms with Crippen molar-refractivity contribution in [3.63, 3.8) is 0 Å². The fourth-order valence-electron chi connectivity index (χ4n) is 1.90. The number of carbonyl (C=O) groups excluding carboxylic acids is 2. The van der Waals surface area contributed by atoms with Gasteiger partial charge in [0.1, 0.15) is 17.7 Å². The van der Waals surface area contributed by atoms with Crippen LogP contribution in [-0.2, 0) is 25.7 Å². The fourth-order valence-corrected chi connectivity index (χ4v) is 2.03. The lowest BCUT2D eigenvalue weighted by Gasteiger charge is -2.29. The van der Waals surface area contributed by atoms with Crippen LogP contribution in [-0.4, -0.2) is 30.3 Å². The summed E-state index contributed by atoms with van der Waals surface area (Å²) < 4.78 is 10.9. The Balaban J connectivity index is 2.55. The van der Waals surface area contributed by atoms with Crippen LogP contribution >= 0.6 is 15.9 Å². The van der Waals surface area contributed by atoms with E-state index in [4.69, 9.17) is 9.47 Å². The van der Waals surface area contributed by atoms with Gasteiger partial charge in [-0.15, -0.1) is 6.58 Å². The number of benzene rings is 1. The number of hydrogen-bond donors (Lipinski definition) is 0. The van der Waals surface area contributed by atoms with Crippen molar-refractivity contribution in [1.82, 2.24) is 0 Å². The summed E-state index contributed by atoms with van der Waals surface area (Å²) in [5.41, 5.74) is 0.145. The van der Waals surface area contributed by atoms with Crippen molar-refractivity contribution in [2.45, 2.75) is 26.1 Å². The highest BCUT2D eigenvalue weighted by Gasteiger charge is 2.34. The van der Waals surface area contributed by atoms with Crippen molar-refractivity contribution in [1.29, 1.82) is 0 Å². The first-order chi connectivity index (χ1) is 10.6. The molecule has 0 bridgehead atoms. The van der Waals surface area contributed by atoms with E-state index >= 15 is 0 Å². The SMILES string of the molecule is C=C[C@](C)(C=O)[C@H](CCOCc1ccccc1)OC(=O)CBr. The van der Waals surface area contributed by atoms with Crippen molar-refractivity contribution >= 4 is 28.2 Å². The Hall–Kier alpha value is -1.46. The third kappa shape index (κ3) is 5.73. The maximum Gasteiger partial charge on any atom is 0.316 e. The minimum absolute atomic E-state index is 0.0838. The molecule has 0 saturated carbocycles. The van der Waals surface area contributed by atoms with Crippen LogP contribution in [0.1, 0.15) is 18.9 Å². The van der Waals surface area contributed by atoms with E-state index in [1.165, 1.54) is 6.08 Å². The number of aldehydes is 1. The average molecular weight is 369 g/mol. The molecule has 0 radical (unpaired) electrons. The van der Waals surface area contributed by atoms with E-state index in [1.54, 1.807) is 6.92 Å². The number of ether oxygens (including phenoxy) is 2. The first-order valence-electron chi connectivity index (χ1n) is 7.02. The molecule has 1 rings (SSSR count). The molecule has 0 aliphatic rings. The average Bonchev–Trinajstić information content (AvgIpc) is 2.57. The molecule has 0 heterocycles. The molecule has 2 atom stereocenters. The molecule has 5 heteroatoms. The van der Waals surface area contributed by atoms with Gasteiger partial charge in [0.25, 0.3) is 0 Å². The van der Waals surface area contributed by atoms with Crippen LogP contribution in [0.2, 0.25) is 0 Å². The zero-order valence-electron chi connectivity index (χ0n) is 12.7. The Morgan fingerprint density at radius 2 is 2.09 bits per heavy atom. The van der Waals surface area contributed by atoms with Crippen LogP contribution in [0.3, 0.4) is 0 Å². The molecule has 0 amide bonds. The highest BCUT2D eigenvalue weighted by Crippen LogP contribution is 2.26. The van der Waals surface area contributed by atoms with Gasteiger partial charge < -0.3 is 14.3 Å². The van der Waals surface area contributed by atoms with E-state index in [9.17, 15) is 9.59 Å². The second-order valence-electron chi connectivity index (χ2n) is 5.13. The van der Waals surface area contributed by atoms with Crippen LogP contribution in [0, 0.1) is 5.41 Å². The normalized spacial score (nSPS) is 14.6. The molecule has 0 N–H and O–H groups in total. The van der Waals surface area contributed by atoms with Gasteiger partial charge in [0.05, 0.1) is 18.6 Å². The van der Waals surface area contributed by atoms with E-state index < -0.39 is 17.5 Å². The predicted octanol–water partition coefficient (Wildman–Crippen LogP) is 3.29. The van der Waals surface area contributed by atoms with Crippen molar-refractivity contribution in [3.8, 4) is 0 Å². The van der Waals surface area contributed by atoms with Gasteiger partial charge in [0, 0.05) is 6.42 Å². The Bertz CT molecular complexity index is 479. The molecule has 1 aromatic rings. The second-order valence-corrected chi connectivity index (χ2v) is 5.69. The zero-order valence-corrected chi connectivity index (χ0v) is 14.3. The van der Waals surface area contributed by atoms with E-state index in [1.807, 2.05) is 30.3 Å². The number of rotatable bonds is 10. The van der Waals surface area contributed by atoms with Gasteiger partial charge in [0.2, 0.25) is 0 Å². The van der Waals surface area contributed by atoms with E-state index in [-0.39, 0.29) is 5.33 Å². The summed E-state index contributed by atoms with van der Waals surface area (Å²) in [4.78, 5) is 22.8. The Morgan fingerprint density at radius 1 is 1.41 bits per heavy atom. The molecule has 0 fully saturated rings. The summed E-state index contributed by atoms with van der Waals surface area (Å²) in [6.07, 6.45) is 2.09. The van der Waals surface area contributed by atoms with Gasteiger partial charge in [0.15, 0.2) is 0 Å². The molecule has 0 unspecified atom stereocenters. The van der Waals surface area contributed by atoms with Gasteiger partial charge >= 0.3 is 5.97 Å². The van der Waals surface area contributed by atoms with Gasteiger partial charge in [-0.05, 0) is 12.5 Å². The van der Waals surface area contributed by atoms with Crippen LogP contribution < -0.4 is 0 Å². The summed E-state index contributed by atoms with van der Waals surface area (Å²) in [6.45, 7) is 6.21. The Kier molecular flexibility index (Phi) is 8.06. The standard InChI is InChI=1S/C17H21BrO4/c1-3-17(2,13-19)15(22-16(20)11-18)9-10-21-12-14-7-5-4-6-8-14/h3-8,13,15H,1,9-12H2,2H3/t15-,17+/m0/s1. The largest absolute Gasteiger partial charge is 0.460 e. The van der Waals surface area contributed by atoms with E-state index in [0.29, 0.717) is 19.6 Å². The lowest BCUT2D eigenvalue weighted by Crippen LogP contribution is -2.37. The highest BCUT2D eigenvalue weighted by atomic mass is 79.9. The molecule has 1 aromatic carbocycles. The maximum absolute atomic E-state index is 11.5. The quantitative estimate of drug-likeness (QED) is 0.209. The molecule has 120 valence electrons. The molecule has 0 aromatic heterocycles. The number of hydrogen-bond acceptors (Lipinski definition) is 4. The van der Waals surface area contributed by atoms with Gasteiger partial charge in [-0.2, -0.15) is 0 Å². The number of esters is 1. The number of halogens is 1. The summed E-state index contributed by atoms with van der Waals surface area (Å²) in [7, 11) is 0. The number of alkyl halides is 1. The third-order valence-electron chi connectivity index (χ3n) is 3.41. The smallest absolute Gasteiger partial charge is 0.316 e. The first kappa shape index (κ1) is 18.6. The van der Waals surface area contributed by atoms with Crippen LogP contribution in [0.15, 0.2) is 43.0 Å². The molecule has 22 heavy (non-hydrogen) atoms. The molecule has 0 spiro atoms. The van der Waals surface area contributed by atoms with Gasteiger partial charge in [-0.3, -0.25) is 4.79 Å². The second kappa shape index (κ2) is 9.54. The highest BCUT2D eigenvalue weighted by molar-refractivity contribution is 9.09. The minimum atomic E-state index is -0.923. The Morgan fingerprint density at radius 3 is 2.64 bits per heavy atom. The topological polar surface area (TPSA) is 52.6 Å². The van der Waals surface area contributed by atoms with Crippen molar-refractivity contribution in [2.75, 3.05) is 11.9 Å². The van der Waals surface area contributed by atoms with Crippen molar-refractivity contribution < 1.29 is 19.1 Å². The van der Waals surface area contributed by atoms with Gasteiger partial charge in [-0.1, -0.05) is 52.3 Å². The lowest BCUT2D eigenvalue weighted by atomic mass is 9.84.